The first kappa shape index (κ1) is 24.5. The first-order chi connectivity index (χ1) is 17.4. The molecule has 3 N–H and O–H groups in total. The molecule has 0 bridgehead atoms. The Morgan fingerprint density at radius 3 is 2.50 bits per heavy atom. The monoisotopic (exact) mass is 485 g/mol. The van der Waals surface area contributed by atoms with Crippen molar-refractivity contribution < 1.29 is 23.7 Å². The molecule has 0 unspecified atom stereocenters. The largest absolute Gasteiger partial charge is 0.493 e. The van der Waals surface area contributed by atoms with E-state index in [2.05, 4.69) is 28.7 Å². The maximum Gasteiger partial charge on any atom is 0.459 e. The van der Waals surface area contributed by atoms with Crippen molar-refractivity contribution in [3.8, 4) is 28.4 Å². The average Bonchev–Trinajstić information content (AvgIpc) is 2.91. The topological polar surface area (TPSA) is 98.2 Å². The van der Waals surface area contributed by atoms with Gasteiger partial charge >= 0.3 is 6.03 Å². The SMILES string of the molecule is COc1cccc(-c2ccc3ccc(OCc4c(C)cccc4NC(=O)/[N+](C)=N\N)cc3c2)c1OC. The van der Waals surface area contributed by atoms with Crippen molar-refractivity contribution in [1.29, 1.82) is 0 Å². The third-order valence-corrected chi connectivity index (χ3v) is 6.03. The van der Waals surface area contributed by atoms with Gasteiger partial charge in [0.2, 0.25) is 0 Å². The van der Waals surface area contributed by atoms with Crippen molar-refractivity contribution in [1.82, 2.24) is 0 Å². The molecule has 4 aromatic carbocycles. The average molecular weight is 486 g/mol. The van der Waals surface area contributed by atoms with E-state index in [0.29, 0.717) is 22.9 Å². The number of para-hydroxylation sites is 1. The maximum absolute atomic E-state index is 12.2. The summed E-state index contributed by atoms with van der Waals surface area (Å²) in [4.78, 5) is 12.2. The number of nitrogens with zero attached hydrogens (tertiary/aromatic N) is 2. The van der Waals surface area contributed by atoms with Gasteiger partial charge in [-0.05, 0) is 59.2 Å². The summed E-state index contributed by atoms with van der Waals surface area (Å²) in [5.41, 5.74) is 4.46. The molecule has 36 heavy (non-hydrogen) atoms. The molecule has 8 nitrogen and oxygen atoms in total. The number of nitrogens with one attached hydrogen (secondary N) is 1. The summed E-state index contributed by atoms with van der Waals surface area (Å²) in [6.07, 6.45) is 0. The van der Waals surface area contributed by atoms with Gasteiger partial charge in [0, 0.05) is 16.4 Å². The smallest absolute Gasteiger partial charge is 0.459 e. The molecule has 0 aliphatic carbocycles. The van der Waals surface area contributed by atoms with Crippen LogP contribution in [0.5, 0.6) is 17.2 Å². The van der Waals surface area contributed by atoms with E-state index in [0.717, 1.165) is 37.7 Å². The van der Waals surface area contributed by atoms with Crippen LogP contribution in [0.25, 0.3) is 21.9 Å². The number of benzene rings is 4. The molecular formula is C28H29N4O4+. The van der Waals surface area contributed by atoms with E-state index in [4.69, 9.17) is 20.1 Å². The molecule has 0 saturated heterocycles. The second kappa shape index (κ2) is 10.8. The van der Waals surface area contributed by atoms with Gasteiger partial charge in [0.15, 0.2) is 11.5 Å². The molecule has 0 heterocycles. The van der Waals surface area contributed by atoms with Crippen molar-refractivity contribution in [3.05, 3.63) is 83.9 Å². The highest BCUT2D eigenvalue weighted by Gasteiger charge is 2.16. The van der Waals surface area contributed by atoms with Gasteiger partial charge in [0.1, 0.15) is 18.0 Å². The second-order valence-electron chi connectivity index (χ2n) is 8.22. The molecule has 0 fully saturated rings. The van der Waals surface area contributed by atoms with Crippen LogP contribution in [-0.2, 0) is 6.61 Å². The van der Waals surface area contributed by atoms with Crippen LogP contribution in [0.15, 0.2) is 78.0 Å². The van der Waals surface area contributed by atoms with Crippen molar-refractivity contribution in [2.75, 3.05) is 26.6 Å². The predicted molar refractivity (Wildman–Crippen MR) is 140 cm³/mol. The quantitative estimate of drug-likeness (QED) is 0.147. The van der Waals surface area contributed by atoms with E-state index in [9.17, 15) is 4.79 Å². The van der Waals surface area contributed by atoms with Crippen molar-refractivity contribution >= 4 is 22.5 Å². The molecule has 0 radical (unpaired) electrons. The molecule has 2 amide bonds. The Kier molecular flexibility index (Phi) is 7.34. The number of hydrogen-bond donors (Lipinski definition) is 2. The lowest BCUT2D eigenvalue weighted by molar-refractivity contribution is -0.466. The predicted octanol–water partition coefficient (Wildman–Crippen LogP) is 5.91. The summed E-state index contributed by atoms with van der Waals surface area (Å²) < 4.78 is 18.3. The Labute approximate surface area is 209 Å². The molecule has 0 aromatic heterocycles. The molecular weight excluding hydrogens is 456 g/mol. The Hall–Kier alpha value is -4.59. The van der Waals surface area contributed by atoms with Crippen LogP contribution < -0.4 is 25.4 Å². The molecule has 0 spiro atoms. The van der Waals surface area contributed by atoms with Crippen LogP contribution in [0.1, 0.15) is 11.1 Å². The van der Waals surface area contributed by atoms with Gasteiger partial charge in [-0.15, -0.1) is 4.70 Å². The van der Waals surface area contributed by atoms with E-state index in [1.807, 2.05) is 61.5 Å². The molecule has 4 aromatic rings. The molecule has 184 valence electrons. The molecule has 8 heteroatoms. The van der Waals surface area contributed by atoms with Crippen LogP contribution in [0.4, 0.5) is 10.5 Å². The number of carbonyl (C=O) groups excluding carboxylic acids is 1. The highest BCUT2D eigenvalue weighted by molar-refractivity contribution is 5.90. The van der Waals surface area contributed by atoms with Crippen molar-refractivity contribution in [3.63, 3.8) is 0 Å². The fourth-order valence-corrected chi connectivity index (χ4v) is 4.01. The number of methoxy groups -OCH3 is 2. The van der Waals surface area contributed by atoms with E-state index >= 15 is 0 Å². The molecule has 4 rings (SSSR count). The van der Waals surface area contributed by atoms with Gasteiger partial charge < -0.3 is 14.2 Å². The zero-order valence-electron chi connectivity index (χ0n) is 20.7. The lowest BCUT2D eigenvalue weighted by atomic mass is 10.00. The third-order valence-electron chi connectivity index (χ3n) is 6.03. The minimum atomic E-state index is -0.435. The summed E-state index contributed by atoms with van der Waals surface area (Å²) in [7, 11) is 4.74. The van der Waals surface area contributed by atoms with Gasteiger partial charge in [-0.1, -0.05) is 42.5 Å². The summed E-state index contributed by atoms with van der Waals surface area (Å²) in [6, 6.07) is 23.3. The Morgan fingerprint density at radius 1 is 0.972 bits per heavy atom. The van der Waals surface area contributed by atoms with E-state index < -0.39 is 6.03 Å². The fraction of sp³-hybridized carbons (Fsp3) is 0.179. The zero-order valence-corrected chi connectivity index (χ0v) is 20.7. The number of carbonyl (C=O) groups is 1. The number of ether oxygens (including phenoxy) is 3. The van der Waals surface area contributed by atoms with Crippen LogP contribution in [-0.4, -0.2) is 32.0 Å². The summed E-state index contributed by atoms with van der Waals surface area (Å²) in [5, 5.41) is 8.32. The highest BCUT2D eigenvalue weighted by Crippen LogP contribution is 2.39. The standard InChI is InChI=1S/C28H28N4O4/c1-18-7-5-9-25(30-28(33)32(2)31-29)24(18)17-36-22-14-13-19-11-12-20(15-21(19)16-22)23-8-6-10-26(34-3)27(23)35-4/h5-16,29H,17H2,1-4H3,(H,30,33)/p+1. The summed E-state index contributed by atoms with van der Waals surface area (Å²) >= 11 is 0. The van der Waals surface area contributed by atoms with Gasteiger partial charge in [0.05, 0.1) is 21.3 Å². The Balaban J connectivity index is 1.61. The van der Waals surface area contributed by atoms with Gasteiger partial charge in [-0.3, -0.25) is 0 Å². The molecule has 0 atom stereocenters. The number of amides is 2. The van der Waals surface area contributed by atoms with Gasteiger partial charge in [-0.2, -0.15) is 0 Å². The highest BCUT2D eigenvalue weighted by atomic mass is 16.5. The van der Waals surface area contributed by atoms with Crippen molar-refractivity contribution in [2.45, 2.75) is 13.5 Å². The number of aryl methyl sites for hydroxylation is 1. The minimum absolute atomic E-state index is 0.278. The first-order valence-electron chi connectivity index (χ1n) is 11.4. The van der Waals surface area contributed by atoms with E-state index in [1.165, 1.54) is 7.05 Å². The number of anilines is 1. The van der Waals surface area contributed by atoms with Crippen LogP contribution in [0.2, 0.25) is 0 Å². The number of hydrogen-bond acceptors (Lipinski definition) is 5. The summed E-state index contributed by atoms with van der Waals surface area (Å²) in [6.45, 7) is 2.25. The van der Waals surface area contributed by atoms with Crippen LogP contribution in [0, 0.1) is 6.92 Å². The molecule has 0 saturated carbocycles. The number of rotatable bonds is 7. The normalized spacial score (nSPS) is 11.3. The van der Waals surface area contributed by atoms with Gasteiger partial charge in [0.25, 0.3) is 0 Å². The Bertz CT molecular complexity index is 1450. The second-order valence-corrected chi connectivity index (χ2v) is 8.22. The van der Waals surface area contributed by atoms with Crippen LogP contribution in [0.3, 0.4) is 0 Å². The number of nitrogens with two attached hydrogens (primary N) is 1. The summed E-state index contributed by atoms with van der Waals surface area (Å²) in [5.74, 6) is 7.29. The third kappa shape index (κ3) is 5.07. The number of fused-ring (bicyclic) bond motifs is 1. The first-order valence-corrected chi connectivity index (χ1v) is 11.4. The minimum Gasteiger partial charge on any atom is -0.493 e. The van der Waals surface area contributed by atoms with Gasteiger partial charge in [-0.25, -0.2) is 16.0 Å². The number of urea groups is 1. The molecule has 0 aliphatic rings. The van der Waals surface area contributed by atoms with E-state index in [1.54, 1.807) is 14.2 Å². The lowest BCUT2D eigenvalue weighted by Crippen LogP contribution is -2.23. The lowest BCUT2D eigenvalue weighted by Gasteiger charge is -2.14. The van der Waals surface area contributed by atoms with Crippen LogP contribution >= 0.6 is 0 Å². The zero-order chi connectivity index (χ0) is 25.7. The Morgan fingerprint density at radius 2 is 1.75 bits per heavy atom. The van der Waals surface area contributed by atoms with Crippen molar-refractivity contribution in [2.24, 2.45) is 11.1 Å². The molecule has 0 aliphatic heterocycles. The van der Waals surface area contributed by atoms with E-state index in [-0.39, 0.29) is 6.61 Å². The maximum atomic E-state index is 12.2. The fourth-order valence-electron chi connectivity index (χ4n) is 4.01.